The molecular formula is C16H23F2NS. The second-order valence-electron chi connectivity index (χ2n) is 6.63. The smallest absolute Gasteiger partial charge is 0.288 e. The van der Waals surface area contributed by atoms with Gasteiger partial charge in [-0.2, -0.15) is 8.78 Å². The van der Waals surface area contributed by atoms with Gasteiger partial charge in [0, 0.05) is 16.6 Å². The first kappa shape index (κ1) is 15.6. The standard InChI is InChI=1S/C16H23F2NS/c1-11-8-12(10-16(2,3)9-11)19-13-6-4-5-7-14(13)20-15(17)18/h4-7,11-12,15,19H,8-10H2,1-3H3. The fourth-order valence-electron chi connectivity index (χ4n) is 3.46. The number of hydrogen-bond donors (Lipinski definition) is 1. The Labute approximate surface area is 124 Å². The van der Waals surface area contributed by atoms with Crippen LogP contribution in [-0.2, 0) is 0 Å². The molecule has 0 heterocycles. The van der Waals surface area contributed by atoms with Crippen molar-refractivity contribution < 1.29 is 8.78 Å². The minimum atomic E-state index is -2.38. The monoisotopic (exact) mass is 299 g/mol. The number of benzene rings is 1. The molecule has 0 aliphatic heterocycles. The Kier molecular flexibility index (Phi) is 4.95. The largest absolute Gasteiger partial charge is 0.381 e. The molecule has 0 bridgehead atoms. The van der Waals surface area contributed by atoms with Crippen LogP contribution in [0.4, 0.5) is 14.5 Å². The van der Waals surface area contributed by atoms with Gasteiger partial charge in [-0.1, -0.05) is 44.7 Å². The quantitative estimate of drug-likeness (QED) is 0.723. The number of para-hydroxylation sites is 1. The van der Waals surface area contributed by atoms with Gasteiger partial charge in [0.2, 0.25) is 0 Å². The normalized spacial score (nSPS) is 25.7. The minimum absolute atomic E-state index is 0.320. The Morgan fingerprint density at radius 1 is 1.25 bits per heavy atom. The summed E-state index contributed by atoms with van der Waals surface area (Å²) in [5, 5.41) is 3.49. The third-order valence-electron chi connectivity index (χ3n) is 3.85. The van der Waals surface area contributed by atoms with E-state index in [4.69, 9.17) is 0 Å². The van der Waals surface area contributed by atoms with Crippen LogP contribution in [0.1, 0.15) is 40.0 Å². The molecule has 1 saturated carbocycles. The van der Waals surface area contributed by atoms with E-state index in [1.54, 1.807) is 6.07 Å². The summed E-state index contributed by atoms with van der Waals surface area (Å²) in [5.74, 6) is -1.70. The Morgan fingerprint density at radius 3 is 2.60 bits per heavy atom. The zero-order chi connectivity index (χ0) is 14.8. The zero-order valence-corrected chi connectivity index (χ0v) is 13.1. The van der Waals surface area contributed by atoms with E-state index in [0.29, 0.717) is 34.0 Å². The van der Waals surface area contributed by atoms with E-state index in [0.717, 1.165) is 18.5 Å². The maximum atomic E-state index is 12.6. The van der Waals surface area contributed by atoms with Crippen molar-refractivity contribution in [3.8, 4) is 0 Å². The summed E-state index contributed by atoms with van der Waals surface area (Å²) in [6, 6.07) is 7.74. The molecule has 1 aliphatic rings. The fraction of sp³-hybridized carbons (Fsp3) is 0.625. The van der Waals surface area contributed by atoms with Gasteiger partial charge in [-0.05, 0) is 42.7 Å². The third-order valence-corrected chi connectivity index (χ3v) is 4.64. The molecular weight excluding hydrogens is 276 g/mol. The summed E-state index contributed by atoms with van der Waals surface area (Å²) in [5.41, 5.74) is 1.16. The van der Waals surface area contributed by atoms with Crippen LogP contribution in [0.25, 0.3) is 0 Å². The first-order valence-electron chi connectivity index (χ1n) is 7.16. The molecule has 0 aromatic heterocycles. The molecule has 2 atom stereocenters. The first-order chi connectivity index (χ1) is 9.35. The maximum Gasteiger partial charge on any atom is 0.288 e. The van der Waals surface area contributed by atoms with Crippen LogP contribution in [-0.4, -0.2) is 11.8 Å². The van der Waals surface area contributed by atoms with Crippen molar-refractivity contribution in [2.45, 2.75) is 56.7 Å². The van der Waals surface area contributed by atoms with Gasteiger partial charge in [0.1, 0.15) is 0 Å². The average molecular weight is 299 g/mol. The van der Waals surface area contributed by atoms with Gasteiger partial charge >= 0.3 is 0 Å². The van der Waals surface area contributed by atoms with Crippen molar-refractivity contribution in [1.82, 2.24) is 0 Å². The maximum absolute atomic E-state index is 12.6. The number of halogens is 2. The van der Waals surface area contributed by atoms with Crippen LogP contribution >= 0.6 is 11.8 Å². The molecule has 0 radical (unpaired) electrons. The van der Waals surface area contributed by atoms with Gasteiger partial charge in [0.25, 0.3) is 5.76 Å². The number of anilines is 1. The van der Waals surface area contributed by atoms with Crippen molar-refractivity contribution in [3.05, 3.63) is 24.3 Å². The summed E-state index contributed by atoms with van der Waals surface area (Å²) in [7, 11) is 0. The summed E-state index contributed by atoms with van der Waals surface area (Å²) >= 11 is 0.618. The van der Waals surface area contributed by atoms with E-state index in [1.165, 1.54) is 6.42 Å². The number of thioether (sulfide) groups is 1. The van der Waals surface area contributed by atoms with Gasteiger partial charge in [0.05, 0.1) is 0 Å². The molecule has 4 heteroatoms. The molecule has 20 heavy (non-hydrogen) atoms. The molecule has 0 spiro atoms. The predicted molar refractivity (Wildman–Crippen MR) is 82.5 cm³/mol. The van der Waals surface area contributed by atoms with Crippen LogP contribution in [0.3, 0.4) is 0 Å². The zero-order valence-electron chi connectivity index (χ0n) is 12.3. The summed E-state index contributed by atoms with van der Waals surface area (Å²) in [6.07, 6.45) is 3.43. The summed E-state index contributed by atoms with van der Waals surface area (Å²) in [4.78, 5) is 0.638. The van der Waals surface area contributed by atoms with Gasteiger partial charge in [-0.25, -0.2) is 0 Å². The van der Waals surface area contributed by atoms with Gasteiger partial charge < -0.3 is 5.32 Å². The number of rotatable bonds is 4. The van der Waals surface area contributed by atoms with Crippen molar-refractivity contribution in [1.29, 1.82) is 0 Å². The fourth-order valence-corrected chi connectivity index (χ4v) is 4.06. The Balaban J connectivity index is 2.09. The topological polar surface area (TPSA) is 12.0 Å². The summed E-state index contributed by atoms with van der Waals surface area (Å²) in [6.45, 7) is 6.85. The van der Waals surface area contributed by atoms with Gasteiger partial charge in [-0.15, -0.1) is 0 Å². The van der Waals surface area contributed by atoms with E-state index in [2.05, 4.69) is 26.1 Å². The SMILES string of the molecule is CC1CC(Nc2ccccc2SC(F)F)CC(C)(C)C1. The van der Waals surface area contributed by atoms with E-state index in [1.807, 2.05) is 18.2 Å². The van der Waals surface area contributed by atoms with E-state index in [-0.39, 0.29) is 0 Å². The van der Waals surface area contributed by atoms with E-state index < -0.39 is 5.76 Å². The lowest BCUT2D eigenvalue weighted by Crippen LogP contribution is -2.35. The summed E-state index contributed by atoms with van der Waals surface area (Å²) < 4.78 is 25.2. The lowest BCUT2D eigenvalue weighted by Gasteiger charge is -2.39. The molecule has 1 nitrogen and oxygen atoms in total. The third kappa shape index (κ3) is 4.37. The molecule has 1 fully saturated rings. The van der Waals surface area contributed by atoms with E-state index >= 15 is 0 Å². The average Bonchev–Trinajstić information content (AvgIpc) is 2.28. The molecule has 0 amide bonds. The molecule has 1 aromatic rings. The van der Waals surface area contributed by atoms with Crippen LogP contribution in [0.2, 0.25) is 0 Å². The van der Waals surface area contributed by atoms with Crippen LogP contribution in [0.5, 0.6) is 0 Å². The van der Waals surface area contributed by atoms with Crippen LogP contribution in [0.15, 0.2) is 29.2 Å². The van der Waals surface area contributed by atoms with Crippen molar-refractivity contribution in [2.75, 3.05) is 5.32 Å². The molecule has 0 saturated heterocycles. The molecule has 2 unspecified atom stereocenters. The Hall–Kier alpha value is -0.770. The molecule has 112 valence electrons. The number of alkyl halides is 2. The Morgan fingerprint density at radius 2 is 1.95 bits per heavy atom. The second kappa shape index (κ2) is 6.33. The van der Waals surface area contributed by atoms with Gasteiger partial charge in [-0.3, -0.25) is 0 Å². The first-order valence-corrected chi connectivity index (χ1v) is 8.04. The highest BCUT2D eigenvalue weighted by Crippen LogP contribution is 2.40. The van der Waals surface area contributed by atoms with Crippen LogP contribution in [0, 0.1) is 11.3 Å². The highest BCUT2D eigenvalue weighted by atomic mass is 32.2. The molecule has 1 aliphatic carbocycles. The molecule has 1 aromatic carbocycles. The molecule has 1 N–H and O–H groups in total. The second-order valence-corrected chi connectivity index (χ2v) is 7.66. The van der Waals surface area contributed by atoms with Crippen molar-refractivity contribution in [2.24, 2.45) is 11.3 Å². The number of nitrogens with one attached hydrogen (secondary N) is 1. The highest BCUT2D eigenvalue weighted by Gasteiger charge is 2.32. The van der Waals surface area contributed by atoms with Crippen molar-refractivity contribution >= 4 is 17.4 Å². The predicted octanol–water partition coefficient (Wildman–Crippen LogP) is 5.63. The van der Waals surface area contributed by atoms with Crippen LogP contribution < -0.4 is 5.32 Å². The van der Waals surface area contributed by atoms with E-state index in [9.17, 15) is 8.78 Å². The van der Waals surface area contributed by atoms with Crippen molar-refractivity contribution in [3.63, 3.8) is 0 Å². The Bertz CT molecular complexity index is 448. The lowest BCUT2D eigenvalue weighted by atomic mass is 9.70. The van der Waals surface area contributed by atoms with Gasteiger partial charge in [0.15, 0.2) is 0 Å². The lowest BCUT2D eigenvalue weighted by molar-refractivity contribution is 0.178. The number of hydrogen-bond acceptors (Lipinski definition) is 2. The molecule has 2 rings (SSSR count). The highest BCUT2D eigenvalue weighted by molar-refractivity contribution is 7.99. The minimum Gasteiger partial charge on any atom is -0.381 e.